The summed E-state index contributed by atoms with van der Waals surface area (Å²) in [6, 6.07) is 10.7. The van der Waals surface area contributed by atoms with E-state index in [2.05, 4.69) is 22.5 Å². The Bertz CT molecular complexity index is 1210. The Morgan fingerprint density at radius 1 is 1.15 bits per heavy atom. The minimum absolute atomic E-state index is 0.0192. The van der Waals surface area contributed by atoms with Crippen molar-refractivity contribution in [2.24, 2.45) is 5.92 Å². The minimum Gasteiger partial charge on any atom is -0.488 e. The lowest BCUT2D eigenvalue weighted by Gasteiger charge is -2.34. The number of rotatable bonds is 8. The molecule has 41 heavy (non-hydrogen) atoms. The topological polar surface area (TPSA) is 94.1 Å². The first-order valence-corrected chi connectivity index (χ1v) is 15.3. The number of aliphatic hydroxyl groups is 1. The molecule has 1 aliphatic carbocycles. The fourth-order valence-electron chi connectivity index (χ4n) is 5.65. The predicted octanol–water partition coefficient (Wildman–Crippen LogP) is 5.73. The van der Waals surface area contributed by atoms with Crippen molar-refractivity contribution < 1.29 is 19.4 Å². The summed E-state index contributed by atoms with van der Waals surface area (Å²) in [5.41, 5.74) is 2.34. The van der Waals surface area contributed by atoms with Crippen LogP contribution in [0.25, 0.3) is 0 Å². The smallest absolute Gasteiger partial charge is 0.319 e. The molecule has 0 unspecified atom stereocenters. The molecule has 8 nitrogen and oxygen atoms in total. The molecule has 10 heteroatoms. The highest BCUT2D eigenvalue weighted by Gasteiger charge is 2.31. The van der Waals surface area contributed by atoms with E-state index in [0.29, 0.717) is 46.7 Å². The molecular formula is C31H42Cl2N4O4. The molecule has 2 aromatic carbocycles. The van der Waals surface area contributed by atoms with Crippen LogP contribution in [-0.2, 0) is 17.8 Å². The zero-order valence-electron chi connectivity index (χ0n) is 24.2. The Morgan fingerprint density at radius 3 is 2.61 bits per heavy atom. The van der Waals surface area contributed by atoms with Crippen molar-refractivity contribution >= 4 is 40.8 Å². The predicted molar refractivity (Wildman–Crippen MR) is 164 cm³/mol. The molecule has 224 valence electrons. The molecule has 0 bridgehead atoms. The summed E-state index contributed by atoms with van der Waals surface area (Å²) >= 11 is 12.3. The highest BCUT2D eigenvalue weighted by Crippen LogP contribution is 2.30. The first-order chi connectivity index (χ1) is 19.6. The molecule has 0 saturated heterocycles. The number of carbonyl (C=O) groups excluding carboxylic acids is 2. The first kappa shape index (κ1) is 31.4. The SMILES string of the molecule is C[C@@H]1CN([C@H](C)CO)C(=O)Cc2cc(NC(=O)NC3CCCCC3)ccc2O[C@@H]1CN(C)Cc1ccc(Cl)c(Cl)c1. The summed E-state index contributed by atoms with van der Waals surface area (Å²) in [6.45, 7) is 5.48. The van der Waals surface area contributed by atoms with E-state index in [1.165, 1.54) is 6.42 Å². The number of nitrogens with one attached hydrogen (secondary N) is 2. The number of aliphatic hydroxyl groups excluding tert-OH is 1. The third-order valence-corrected chi connectivity index (χ3v) is 8.78. The standard InChI is InChI=1S/C31H42Cl2N4O4/c1-20-16-37(21(2)19-38)30(39)15-23-14-25(35-31(40)34-24-7-5-4-6-8-24)10-12-28(23)41-29(20)18-36(3)17-22-9-11-26(32)27(33)13-22/h9-14,20-21,24,29,38H,4-8,15-19H2,1-3H3,(H2,34,35,40)/t20-,21-,29-/m1/s1. The van der Waals surface area contributed by atoms with Crippen molar-refractivity contribution in [3.05, 3.63) is 57.6 Å². The van der Waals surface area contributed by atoms with E-state index in [1.807, 2.05) is 44.3 Å². The van der Waals surface area contributed by atoms with Crippen LogP contribution >= 0.6 is 23.2 Å². The normalized spacial score (nSPS) is 20.9. The van der Waals surface area contributed by atoms with Crippen molar-refractivity contribution in [1.29, 1.82) is 0 Å². The van der Waals surface area contributed by atoms with Gasteiger partial charge in [-0.2, -0.15) is 0 Å². The van der Waals surface area contributed by atoms with E-state index in [4.69, 9.17) is 27.9 Å². The lowest BCUT2D eigenvalue weighted by atomic mass is 9.96. The van der Waals surface area contributed by atoms with Gasteiger partial charge in [0.25, 0.3) is 0 Å². The number of urea groups is 1. The van der Waals surface area contributed by atoms with E-state index in [1.54, 1.807) is 11.0 Å². The second-order valence-corrected chi connectivity index (χ2v) is 12.4. The summed E-state index contributed by atoms with van der Waals surface area (Å²) in [5.74, 6) is 0.515. The number of hydrogen-bond acceptors (Lipinski definition) is 5. The number of fused-ring (bicyclic) bond motifs is 1. The third kappa shape index (κ3) is 8.74. The number of halogens is 2. The van der Waals surface area contributed by atoms with Gasteiger partial charge in [-0.25, -0.2) is 4.79 Å². The molecule has 3 atom stereocenters. The average molecular weight is 606 g/mol. The zero-order valence-corrected chi connectivity index (χ0v) is 25.7. The van der Waals surface area contributed by atoms with Crippen LogP contribution in [0, 0.1) is 5.92 Å². The van der Waals surface area contributed by atoms with Gasteiger partial charge in [-0.3, -0.25) is 9.69 Å². The number of ether oxygens (including phenoxy) is 1. The highest BCUT2D eigenvalue weighted by atomic mass is 35.5. The summed E-state index contributed by atoms with van der Waals surface area (Å²) < 4.78 is 6.61. The largest absolute Gasteiger partial charge is 0.488 e. The van der Waals surface area contributed by atoms with Crippen LogP contribution in [0.5, 0.6) is 5.75 Å². The maximum atomic E-state index is 13.5. The number of nitrogens with zero attached hydrogens (tertiary/aromatic N) is 2. The summed E-state index contributed by atoms with van der Waals surface area (Å²) in [7, 11) is 2.02. The van der Waals surface area contributed by atoms with Crippen molar-refractivity contribution in [2.75, 3.05) is 32.1 Å². The first-order valence-electron chi connectivity index (χ1n) is 14.5. The second kappa shape index (κ2) is 14.6. The molecule has 2 aromatic rings. The fraction of sp³-hybridized carbons (Fsp3) is 0.548. The van der Waals surface area contributed by atoms with Crippen molar-refractivity contribution in [1.82, 2.24) is 15.1 Å². The Kier molecular flexibility index (Phi) is 11.2. The number of likely N-dealkylation sites (N-methyl/N-ethyl adjacent to an activating group) is 1. The molecule has 4 rings (SSSR count). The molecule has 3 N–H and O–H groups in total. The molecule has 2 aliphatic rings. The molecule has 3 amide bonds. The monoisotopic (exact) mass is 604 g/mol. The quantitative estimate of drug-likeness (QED) is 0.358. The van der Waals surface area contributed by atoms with Crippen LogP contribution in [-0.4, -0.2) is 71.8 Å². The van der Waals surface area contributed by atoms with Crippen LogP contribution in [0.4, 0.5) is 10.5 Å². The van der Waals surface area contributed by atoms with Gasteiger partial charge in [0.1, 0.15) is 11.9 Å². The van der Waals surface area contributed by atoms with Crippen molar-refractivity contribution in [3.8, 4) is 5.75 Å². The summed E-state index contributed by atoms with van der Waals surface area (Å²) in [6.07, 6.45) is 5.35. The van der Waals surface area contributed by atoms with Crippen molar-refractivity contribution in [3.63, 3.8) is 0 Å². The van der Waals surface area contributed by atoms with E-state index in [0.717, 1.165) is 31.2 Å². The van der Waals surface area contributed by atoms with Gasteiger partial charge >= 0.3 is 6.03 Å². The Labute approximate surface area is 253 Å². The van der Waals surface area contributed by atoms with Crippen LogP contribution < -0.4 is 15.4 Å². The van der Waals surface area contributed by atoms with Gasteiger partial charge in [-0.05, 0) is 62.7 Å². The van der Waals surface area contributed by atoms with E-state index in [9.17, 15) is 14.7 Å². The fourth-order valence-corrected chi connectivity index (χ4v) is 5.97. The van der Waals surface area contributed by atoms with Gasteiger partial charge in [0.05, 0.1) is 29.1 Å². The van der Waals surface area contributed by atoms with E-state index < -0.39 is 0 Å². The maximum Gasteiger partial charge on any atom is 0.319 e. The van der Waals surface area contributed by atoms with Crippen LogP contribution in [0.2, 0.25) is 10.0 Å². The summed E-state index contributed by atoms with van der Waals surface area (Å²) in [5, 5.41) is 17.0. The highest BCUT2D eigenvalue weighted by molar-refractivity contribution is 6.42. The van der Waals surface area contributed by atoms with Gasteiger partial charge in [-0.1, -0.05) is 55.5 Å². The molecule has 0 spiro atoms. The second-order valence-electron chi connectivity index (χ2n) is 11.6. The number of hydrogen-bond donors (Lipinski definition) is 3. The summed E-state index contributed by atoms with van der Waals surface area (Å²) in [4.78, 5) is 30.1. The van der Waals surface area contributed by atoms with Crippen molar-refractivity contribution in [2.45, 2.75) is 77.1 Å². The number of anilines is 1. The molecule has 1 saturated carbocycles. The van der Waals surface area contributed by atoms with Crippen LogP contribution in [0.15, 0.2) is 36.4 Å². The van der Waals surface area contributed by atoms with E-state index in [-0.39, 0.29) is 49.1 Å². The minimum atomic E-state index is -0.330. The van der Waals surface area contributed by atoms with Gasteiger partial charge in [0.15, 0.2) is 0 Å². The number of carbonyl (C=O) groups is 2. The molecule has 0 aromatic heterocycles. The number of benzene rings is 2. The molecule has 1 fully saturated rings. The molecule has 1 aliphatic heterocycles. The number of amides is 3. The lowest BCUT2D eigenvalue weighted by molar-refractivity contribution is -0.134. The zero-order chi connectivity index (χ0) is 29.5. The average Bonchev–Trinajstić information content (AvgIpc) is 2.98. The molecular weight excluding hydrogens is 563 g/mol. The third-order valence-electron chi connectivity index (χ3n) is 8.04. The van der Waals surface area contributed by atoms with E-state index >= 15 is 0 Å². The molecule has 0 radical (unpaired) electrons. The maximum absolute atomic E-state index is 13.5. The molecule has 1 heterocycles. The van der Waals surface area contributed by atoms with Gasteiger partial charge in [-0.15, -0.1) is 0 Å². The van der Waals surface area contributed by atoms with Gasteiger partial charge < -0.3 is 25.4 Å². The lowest BCUT2D eigenvalue weighted by Crippen LogP contribution is -2.47. The van der Waals surface area contributed by atoms with Crippen LogP contribution in [0.1, 0.15) is 57.1 Å². The van der Waals surface area contributed by atoms with Gasteiger partial charge in [0.2, 0.25) is 5.91 Å². The Hall–Kier alpha value is -2.52. The van der Waals surface area contributed by atoms with Crippen LogP contribution in [0.3, 0.4) is 0 Å². The van der Waals surface area contributed by atoms with Gasteiger partial charge in [0, 0.05) is 42.8 Å². The Balaban J connectivity index is 1.54. The Morgan fingerprint density at radius 2 is 1.90 bits per heavy atom.